The van der Waals surface area contributed by atoms with Crippen LogP contribution >= 0.6 is 22.9 Å². The molecule has 6 nitrogen and oxygen atoms in total. The van der Waals surface area contributed by atoms with E-state index in [9.17, 15) is 9.59 Å². The van der Waals surface area contributed by atoms with Crippen LogP contribution in [0, 0.1) is 0 Å². The van der Waals surface area contributed by atoms with Crippen molar-refractivity contribution in [3.63, 3.8) is 0 Å². The Bertz CT molecular complexity index is 1180. The quantitative estimate of drug-likeness (QED) is 0.478. The monoisotopic (exact) mass is 523 g/mol. The number of nitrogens with zero attached hydrogens (tertiary/aromatic N) is 3. The van der Waals surface area contributed by atoms with Crippen molar-refractivity contribution in [2.24, 2.45) is 0 Å². The SMILES string of the molecule is O=C(COc1ccccc1)N1CCCN(C(=O)CN2CCc3sccc3[C@H]2c2ccc(Cl)cc2)CC1. The minimum Gasteiger partial charge on any atom is -0.484 e. The Morgan fingerprint density at radius 3 is 2.36 bits per heavy atom. The normalized spacial score (nSPS) is 18.4. The number of para-hydroxylation sites is 1. The highest BCUT2D eigenvalue weighted by Gasteiger charge is 2.32. The fourth-order valence-electron chi connectivity index (χ4n) is 5.02. The van der Waals surface area contributed by atoms with Crippen LogP contribution in [-0.4, -0.2) is 72.4 Å². The number of hydrogen-bond donors (Lipinski definition) is 0. The van der Waals surface area contributed by atoms with E-state index in [1.807, 2.05) is 52.3 Å². The predicted octanol–water partition coefficient (Wildman–Crippen LogP) is 4.49. The molecule has 0 spiro atoms. The molecule has 2 aliphatic rings. The first-order chi connectivity index (χ1) is 17.6. The van der Waals surface area contributed by atoms with Crippen molar-refractivity contribution in [3.05, 3.63) is 87.1 Å². The zero-order valence-corrected chi connectivity index (χ0v) is 21.7. The van der Waals surface area contributed by atoms with Gasteiger partial charge in [0.15, 0.2) is 6.61 Å². The van der Waals surface area contributed by atoms with Gasteiger partial charge in [0.1, 0.15) is 5.75 Å². The van der Waals surface area contributed by atoms with E-state index in [1.165, 1.54) is 10.4 Å². The highest BCUT2D eigenvalue weighted by atomic mass is 35.5. The molecule has 1 atom stereocenters. The van der Waals surface area contributed by atoms with Crippen molar-refractivity contribution in [1.29, 1.82) is 0 Å². The number of thiophene rings is 1. The Morgan fingerprint density at radius 2 is 1.61 bits per heavy atom. The van der Waals surface area contributed by atoms with Crippen LogP contribution in [0.2, 0.25) is 5.02 Å². The first-order valence-corrected chi connectivity index (χ1v) is 13.6. The standard InChI is InChI=1S/C28H30ClN3O3S/c29-22-9-7-21(8-10-22)28-24-12-18-36-25(24)11-15-32(28)19-26(33)30-13-4-14-31(17-16-30)27(34)20-35-23-5-2-1-3-6-23/h1-3,5-10,12,18,28H,4,11,13-17,19-20H2/t28-/m1/s1. The van der Waals surface area contributed by atoms with Crippen molar-refractivity contribution in [2.75, 3.05) is 45.9 Å². The molecule has 188 valence electrons. The molecule has 2 aliphatic heterocycles. The van der Waals surface area contributed by atoms with Gasteiger partial charge < -0.3 is 14.5 Å². The number of hydrogen-bond acceptors (Lipinski definition) is 5. The van der Waals surface area contributed by atoms with E-state index in [1.54, 1.807) is 11.3 Å². The van der Waals surface area contributed by atoms with E-state index >= 15 is 0 Å². The van der Waals surface area contributed by atoms with Crippen molar-refractivity contribution < 1.29 is 14.3 Å². The number of rotatable bonds is 6. The molecule has 3 heterocycles. The average Bonchev–Trinajstić information content (AvgIpc) is 3.24. The molecule has 0 N–H and O–H groups in total. The fraction of sp³-hybridized carbons (Fsp3) is 0.357. The van der Waals surface area contributed by atoms with Crippen molar-refractivity contribution in [1.82, 2.24) is 14.7 Å². The Hall–Kier alpha value is -2.87. The summed E-state index contributed by atoms with van der Waals surface area (Å²) < 4.78 is 5.63. The molecule has 36 heavy (non-hydrogen) atoms. The lowest BCUT2D eigenvalue weighted by Crippen LogP contribution is -2.45. The maximum absolute atomic E-state index is 13.4. The number of amides is 2. The minimum absolute atomic E-state index is 0.0114. The topological polar surface area (TPSA) is 53.1 Å². The van der Waals surface area contributed by atoms with E-state index in [0.29, 0.717) is 43.5 Å². The summed E-state index contributed by atoms with van der Waals surface area (Å²) in [6.45, 7) is 3.56. The molecule has 0 aliphatic carbocycles. The van der Waals surface area contributed by atoms with Crippen molar-refractivity contribution in [3.8, 4) is 5.75 Å². The third-order valence-electron chi connectivity index (χ3n) is 6.90. The molecular formula is C28H30ClN3O3S. The second-order valence-electron chi connectivity index (χ2n) is 9.19. The Labute approximate surface area is 221 Å². The maximum Gasteiger partial charge on any atom is 0.260 e. The molecule has 0 saturated carbocycles. The van der Waals surface area contributed by atoms with Gasteiger partial charge in [-0.25, -0.2) is 0 Å². The first kappa shape index (κ1) is 24.8. The molecule has 3 aromatic rings. The van der Waals surface area contributed by atoms with E-state index in [2.05, 4.69) is 28.5 Å². The predicted molar refractivity (Wildman–Crippen MR) is 143 cm³/mol. The van der Waals surface area contributed by atoms with Crippen LogP contribution in [0.25, 0.3) is 0 Å². The molecule has 1 fully saturated rings. The Balaban J connectivity index is 1.20. The van der Waals surface area contributed by atoms with E-state index < -0.39 is 0 Å². The molecule has 8 heteroatoms. The van der Waals surface area contributed by atoms with E-state index in [-0.39, 0.29) is 24.5 Å². The number of halogens is 1. The summed E-state index contributed by atoms with van der Waals surface area (Å²) in [6, 6.07) is 19.5. The smallest absolute Gasteiger partial charge is 0.260 e. The van der Waals surface area contributed by atoms with Crippen molar-refractivity contribution in [2.45, 2.75) is 18.9 Å². The Morgan fingerprint density at radius 1 is 0.889 bits per heavy atom. The van der Waals surface area contributed by atoms with Gasteiger partial charge in [0.2, 0.25) is 5.91 Å². The molecule has 2 aromatic carbocycles. The maximum atomic E-state index is 13.4. The summed E-state index contributed by atoms with van der Waals surface area (Å²) in [5, 5.41) is 2.85. The lowest BCUT2D eigenvalue weighted by molar-refractivity contribution is -0.135. The zero-order chi connectivity index (χ0) is 24.9. The van der Waals surface area contributed by atoms with Gasteiger partial charge in [0.25, 0.3) is 5.91 Å². The van der Waals surface area contributed by atoms with E-state index in [4.69, 9.17) is 16.3 Å². The number of fused-ring (bicyclic) bond motifs is 1. The summed E-state index contributed by atoms with van der Waals surface area (Å²) in [4.78, 5) is 33.5. The molecule has 0 bridgehead atoms. The molecule has 5 rings (SSSR count). The van der Waals surface area contributed by atoms with Gasteiger partial charge >= 0.3 is 0 Å². The number of carbonyl (C=O) groups is 2. The second kappa shape index (κ2) is 11.5. The van der Waals surface area contributed by atoms with Crippen LogP contribution in [0.15, 0.2) is 66.0 Å². The first-order valence-electron chi connectivity index (χ1n) is 12.4. The number of carbonyl (C=O) groups excluding carboxylic acids is 2. The average molecular weight is 524 g/mol. The largest absolute Gasteiger partial charge is 0.484 e. The van der Waals surface area contributed by atoms with Crippen LogP contribution in [0.1, 0.15) is 28.5 Å². The highest BCUT2D eigenvalue weighted by Crippen LogP contribution is 2.38. The number of ether oxygens (including phenoxy) is 1. The second-order valence-corrected chi connectivity index (χ2v) is 10.6. The molecule has 1 saturated heterocycles. The lowest BCUT2D eigenvalue weighted by Gasteiger charge is -2.37. The van der Waals surface area contributed by atoms with Gasteiger partial charge in [0, 0.05) is 42.6 Å². The van der Waals surface area contributed by atoms with Gasteiger partial charge in [-0.1, -0.05) is 41.9 Å². The van der Waals surface area contributed by atoms with Gasteiger partial charge in [-0.15, -0.1) is 11.3 Å². The summed E-state index contributed by atoms with van der Waals surface area (Å²) >= 11 is 7.93. The van der Waals surface area contributed by atoms with Crippen LogP contribution in [0.5, 0.6) is 5.75 Å². The zero-order valence-electron chi connectivity index (χ0n) is 20.1. The van der Waals surface area contributed by atoms with Crippen molar-refractivity contribution >= 4 is 34.8 Å². The summed E-state index contributed by atoms with van der Waals surface area (Å²) in [5.74, 6) is 0.752. The molecule has 0 radical (unpaired) electrons. The van der Waals surface area contributed by atoms with Crippen LogP contribution in [0.4, 0.5) is 0 Å². The highest BCUT2D eigenvalue weighted by molar-refractivity contribution is 7.10. The van der Waals surface area contributed by atoms with Crippen LogP contribution in [-0.2, 0) is 16.0 Å². The molecule has 2 amide bonds. The molecule has 1 aromatic heterocycles. The number of benzene rings is 2. The molecule has 0 unspecified atom stereocenters. The lowest BCUT2D eigenvalue weighted by atomic mass is 9.93. The van der Waals surface area contributed by atoms with Crippen LogP contribution < -0.4 is 4.74 Å². The van der Waals surface area contributed by atoms with Gasteiger partial charge in [-0.05, 0) is 59.7 Å². The summed E-state index contributed by atoms with van der Waals surface area (Å²) in [5.41, 5.74) is 2.44. The molecular weight excluding hydrogens is 494 g/mol. The van der Waals surface area contributed by atoms with Gasteiger partial charge in [-0.2, -0.15) is 0 Å². The minimum atomic E-state index is -0.0445. The van der Waals surface area contributed by atoms with E-state index in [0.717, 1.165) is 24.9 Å². The third-order valence-corrected chi connectivity index (χ3v) is 8.15. The Kier molecular flexibility index (Phi) is 7.90. The fourth-order valence-corrected chi connectivity index (χ4v) is 6.05. The third kappa shape index (κ3) is 5.75. The summed E-state index contributed by atoms with van der Waals surface area (Å²) in [7, 11) is 0. The van der Waals surface area contributed by atoms with Gasteiger partial charge in [0.05, 0.1) is 12.6 Å². The van der Waals surface area contributed by atoms with Crippen LogP contribution in [0.3, 0.4) is 0 Å². The summed E-state index contributed by atoms with van der Waals surface area (Å²) in [6.07, 6.45) is 1.71. The van der Waals surface area contributed by atoms with Gasteiger partial charge in [-0.3, -0.25) is 14.5 Å².